The maximum atomic E-state index is 11.9. The molecule has 0 unspecified atom stereocenters. The number of imidazole rings is 1. The number of carbonyl (C=O) groups excluding carboxylic acids is 1. The molecule has 1 aliphatic rings. The Hall–Kier alpha value is -1.36. The second-order valence-corrected chi connectivity index (χ2v) is 5.62. The van der Waals surface area contributed by atoms with Crippen molar-refractivity contribution in [1.82, 2.24) is 20.2 Å². The summed E-state index contributed by atoms with van der Waals surface area (Å²) in [7, 11) is 0. The lowest BCUT2D eigenvalue weighted by Crippen LogP contribution is -2.34. The molecule has 1 aliphatic carbocycles. The summed E-state index contributed by atoms with van der Waals surface area (Å²) in [6.45, 7) is 5.32. The number of nitrogens with one attached hydrogen (secondary N) is 2. The highest BCUT2D eigenvalue weighted by Gasteiger charge is 2.17. The van der Waals surface area contributed by atoms with Gasteiger partial charge in [-0.3, -0.25) is 4.79 Å². The summed E-state index contributed by atoms with van der Waals surface area (Å²) >= 11 is 0. The van der Waals surface area contributed by atoms with E-state index >= 15 is 0 Å². The minimum Gasteiger partial charge on any atom is -0.352 e. The van der Waals surface area contributed by atoms with Crippen molar-refractivity contribution in [3.05, 3.63) is 18.2 Å². The van der Waals surface area contributed by atoms with Gasteiger partial charge in [0.2, 0.25) is 5.91 Å². The van der Waals surface area contributed by atoms with E-state index < -0.39 is 0 Å². The Labute approximate surface area is 114 Å². The molecule has 2 rings (SSSR count). The molecule has 106 valence electrons. The molecule has 0 saturated heterocycles. The number of hydrogen-bond acceptors (Lipinski definition) is 3. The van der Waals surface area contributed by atoms with Gasteiger partial charge < -0.3 is 15.2 Å². The molecule has 1 aromatic heterocycles. The second-order valence-electron chi connectivity index (χ2n) is 5.62. The van der Waals surface area contributed by atoms with Gasteiger partial charge in [-0.25, -0.2) is 4.98 Å². The predicted molar refractivity (Wildman–Crippen MR) is 74.6 cm³/mol. The Bertz CT molecular complexity index is 407. The van der Waals surface area contributed by atoms with Crippen LogP contribution in [0.15, 0.2) is 12.5 Å². The Balaban J connectivity index is 1.76. The third-order valence-corrected chi connectivity index (χ3v) is 3.42. The van der Waals surface area contributed by atoms with Crippen LogP contribution in [-0.4, -0.2) is 27.5 Å². The van der Waals surface area contributed by atoms with Crippen molar-refractivity contribution in [2.24, 2.45) is 0 Å². The zero-order valence-electron chi connectivity index (χ0n) is 11.9. The van der Waals surface area contributed by atoms with Crippen molar-refractivity contribution in [3.63, 3.8) is 0 Å². The molecule has 19 heavy (non-hydrogen) atoms. The summed E-state index contributed by atoms with van der Waals surface area (Å²) in [5.41, 5.74) is 0.974. The minimum atomic E-state index is 0.0904. The fourth-order valence-corrected chi connectivity index (χ4v) is 2.40. The predicted octanol–water partition coefficient (Wildman–Crippen LogP) is 1.44. The molecular formula is C14H24N4O. The molecule has 0 atom stereocenters. The van der Waals surface area contributed by atoms with E-state index in [-0.39, 0.29) is 5.91 Å². The van der Waals surface area contributed by atoms with Crippen LogP contribution in [0.1, 0.15) is 45.2 Å². The van der Waals surface area contributed by atoms with E-state index in [1.807, 2.05) is 10.8 Å². The van der Waals surface area contributed by atoms with E-state index in [0.29, 0.717) is 18.6 Å². The van der Waals surface area contributed by atoms with Gasteiger partial charge in [-0.05, 0) is 12.8 Å². The standard InChI is InChI=1S/C14H24N4O/c1-11(2)15-7-13-8-18(10-16-13)9-14(19)17-12-5-3-4-6-12/h8,10-12,15H,3-7,9H2,1-2H3,(H,17,19). The van der Waals surface area contributed by atoms with Gasteiger partial charge in [0.25, 0.3) is 0 Å². The van der Waals surface area contributed by atoms with Gasteiger partial charge in [0.15, 0.2) is 0 Å². The van der Waals surface area contributed by atoms with E-state index in [0.717, 1.165) is 25.1 Å². The summed E-state index contributed by atoms with van der Waals surface area (Å²) < 4.78 is 1.85. The zero-order valence-corrected chi connectivity index (χ0v) is 11.9. The smallest absolute Gasteiger partial charge is 0.240 e. The Morgan fingerprint density at radius 2 is 2.21 bits per heavy atom. The third kappa shape index (κ3) is 4.67. The molecule has 5 nitrogen and oxygen atoms in total. The molecule has 1 amide bonds. The number of nitrogens with zero attached hydrogens (tertiary/aromatic N) is 2. The molecule has 0 aromatic carbocycles. The average molecular weight is 264 g/mol. The molecule has 1 fully saturated rings. The molecule has 1 heterocycles. The zero-order chi connectivity index (χ0) is 13.7. The maximum absolute atomic E-state index is 11.9. The summed E-state index contributed by atoms with van der Waals surface area (Å²) in [6.07, 6.45) is 8.38. The minimum absolute atomic E-state index is 0.0904. The first-order valence-corrected chi connectivity index (χ1v) is 7.17. The lowest BCUT2D eigenvalue weighted by Gasteiger charge is -2.11. The fourth-order valence-electron chi connectivity index (χ4n) is 2.40. The highest BCUT2D eigenvalue weighted by atomic mass is 16.2. The molecule has 2 N–H and O–H groups in total. The second kappa shape index (κ2) is 6.70. The molecule has 0 aliphatic heterocycles. The van der Waals surface area contributed by atoms with Crippen molar-refractivity contribution >= 4 is 5.91 Å². The molecule has 0 bridgehead atoms. The summed E-state index contributed by atoms with van der Waals surface area (Å²) in [6, 6.07) is 0.828. The van der Waals surface area contributed by atoms with E-state index in [2.05, 4.69) is 29.5 Å². The monoisotopic (exact) mass is 264 g/mol. The molecule has 1 saturated carbocycles. The van der Waals surface area contributed by atoms with Crippen LogP contribution >= 0.6 is 0 Å². The lowest BCUT2D eigenvalue weighted by molar-refractivity contribution is -0.122. The van der Waals surface area contributed by atoms with Crippen molar-refractivity contribution in [1.29, 1.82) is 0 Å². The van der Waals surface area contributed by atoms with Gasteiger partial charge in [0.1, 0.15) is 6.54 Å². The van der Waals surface area contributed by atoms with Crippen molar-refractivity contribution in [2.45, 2.75) is 64.7 Å². The van der Waals surface area contributed by atoms with Crippen LogP contribution in [0.3, 0.4) is 0 Å². The highest BCUT2D eigenvalue weighted by molar-refractivity contribution is 5.76. The number of amides is 1. The van der Waals surface area contributed by atoms with E-state index in [4.69, 9.17) is 0 Å². The van der Waals surface area contributed by atoms with E-state index in [1.165, 1.54) is 12.8 Å². The van der Waals surface area contributed by atoms with Gasteiger partial charge in [-0.15, -0.1) is 0 Å². The van der Waals surface area contributed by atoms with Crippen molar-refractivity contribution < 1.29 is 4.79 Å². The SMILES string of the molecule is CC(C)NCc1cn(CC(=O)NC2CCCC2)cn1. The lowest BCUT2D eigenvalue weighted by atomic mass is 10.2. The summed E-state index contributed by atoms with van der Waals surface area (Å²) in [4.78, 5) is 16.2. The van der Waals surface area contributed by atoms with Crippen LogP contribution in [0, 0.1) is 0 Å². The number of rotatable bonds is 6. The average Bonchev–Trinajstić information content (AvgIpc) is 2.98. The normalized spacial score (nSPS) is 16.2. The third-order valence-electron chi connectivity index (χ3n) is 3.42. The Kier molecular flexibility index (Phi) is 4.96. The van der Waals surface area contributed by atoms with Crippen molar-refractivity contribution in [2.75, 3.05) is 0 Å². The van der Waals surface area contributed by atoms with Gasteiger partial charge in [-0.1, -0.05) is 26.7 Å². The van der Waals surface area contributed by atoms with Crippen LogP contribution in [0.5, 0.6) is 0 Å². The first kappa shape index (κ1) is 14.1. The Morgan fingerprint density at radius 1 is 1.47 bits per heavy atom. The molecule has 0 radical (unpaired) electrons. The largest absolute Gasteiger partial charge is 0.352 e. The van der Waals surface area contributed by atoms with Crippen LogP contribution in [0.25, 0.3) is 0 Å². The van der Waals surface area contributed by atoms with Crippen LogP contribution in [0.2, 0.25) is 0 Å². The van der Waals surface area contributed by atoms with E-state index in [9.17, 15) is 4.79 Å². The van der Waals surface area contributed by atoms with Crippen LogP contribution in [0.4, 0.5) is 0 Å². The molecular weight excluding hydrogens is 240 g/mol. The van der Waals surface area contributed by atoms with Crippen molar-refractivity contribution in [3.8, 4) is 0 Å². The summed E-state index contributed by atoms with van der Waals surface area (Å²) in [5.74, 6) is 0.0904. The quantitative estimate of drug-likeness (QED) is 0.817. The number of hydrogen-bond donors (Lipinski definition) is 2. The first-order valence-electron chi connectivity index (χ1n) is 7.17. The number of aromatic nitrogens is 2. The van der Waals surface area contributed by atoms with Gasteiger partial charge >= 0.3 is 0 Å². The van der Waals surface area contributed by atoms with Gasteiger partial charge in [-0.2, -0.15) is 0 Å². The topological polar surface area (TPSA) is 59.0 Å². The molecule has 1 aromatic rings. The summed E-state index contributed by atoms with van der Waals surface area (Å²) in [5, 5.41) is 6.39. The van der Waals surface area contributed by atoms with Gasteiger partial charge in [0, 0.05) is 24.8 Å². The van der Waals surface area contributed by atoms with Gasteiger partial charge in [0.05, 0.1) is 12.0 Å². The fraction of sp³-hybridized carbons (Fsp3) is 0.714. The maximum Gasteiger partial charge on any atom is 0.240 e. The molecule has 0 spiro atoms. The highest BCUT2D eigenvalue weighted by Crippen LogP contribution is 2.17. The van der Waals surface area contributed by atoms with Crippen LogP contribution < -0.4 is 10.6 Å². The Morgan fingerprint density at radius 3 is 2.89 bits per heavy atom. The van der Waals surface area contributed by atoms with Crippen LogP contribution in [-0.2, 0) is 17.9 Å². The van der Waals surface area contributed by atoms with E-state index in [1.54, 1.807) is 6.33 Å². The first-order chi connectivity index (χ1) is 9.13. The number of carbonyl (C=O) groups is 1. The molecule has 5 heteroatoms.